The number of nitrogens with zero attached hydrogens (tertiary/aromatic N) is 1. The summed E-state index contributed by atoms with van der Waals surface area (Å²) in [7, 11) is 0. The molecule has 2 amide bonds. The number of amides is 2. The largest absolute Gasteiger partial charge is 0.350 e. The predicted molar refractivity (Wildman–Crippen MR) is 104 cm³/mol. The van der Waals surface area contributed by atoms with Crippen LogP contribution in [0.2, 0.25) is 0 Å². The van der Waals surface area contributed by atoms with Crippen LogP contribution in [0.5, 0.6) is 0 Å². The molecule has 0 aliphatic rings. The zero-order valence-corrected chi connectivity index (χ0v) is 15.5. The Bertz CT molecular complexity index is 1010. The van der Waals surface area contributed by atoms with Gasteiger partial charge in [-0.05, 0) is 47.9 Å². The number of pyridine rings is 1. The summed E-state index contributed by atoms with van der Waals surface area (Å²) in [6.07, 6.45) is 0.344. The molecule has 2 N–H and O–H groups in total. The van der Waals surface area contributed by atoms with Gasteiger partial charge in [0.15, 0.2) is 0 Å². The Balaban J connectivity index is 1.55. The Hall–Kier alpha value is -3.61. The Morgan fingerprint density at radius 2 is 1.45 bits per heavy atom. The second-order valence-electron chi connectivity index (χ2n) is 6.31. The number of aromatic nitrogens is 1. The summed E-state index contributed by atoms with van der Waals surface area (Å²) in [6, 6.07) is 16.7. The maximum absolute atomic E-state index is 13.6. The average Bonchev–Trinajstić information content (AvgIpc) is 2.74. The molecular weight excluding hydrogens is 376 g/mol. The third kappa shape index (κ3) is 5.68. The minimum absolute atomic E-state index is 0.0907. The molecule has 0 atom stereocenters. The summed E-state index contributed by atoms with van der Waals surface area (Å²) in [5, 5.41) is 5.34. The van der Waals surface area contributed by atoms with Crippen molar-refractivity contribution in [3.05, 3.63) is 101 Å². The first kappa shape index (κ1) is 20.1. The SMILES string of the molecule is O=C(NCCc1ccccc1F)c1cccc(C(=O)NCc2ccc(F)cc2)n1. The summed E-state index contributed by atoms with van der Waals surface area (Å²) in [5.74, 6) is -1.57. The first-order chi connectivity index (χ1) is 14.0. The average molecular weight is 395 g/mol. The van der Waals surface area contributed by atoms with Gasteiger partial charge in [-0.15, -0.1) is 0 Å². The minimum atomic E-state index is -0.450. The first-order valence-electron chi connectivity index (χ1n) is 9.04. The van der Waals surface area contributed by atoms with E-state index in [4.69, 9.17) is 0 Å². The minimum Gasteiger partial charge on any atom is -0.350 e. The number of hydrogen-bond donors (Lipinski definition) is 2. The number of rotatable bonds is 7. The van der Waals surface area contributed by atoms with Crippen molar-refractivity contribution in [1.82, 2.24) is 15.6 Å². The Labute approximate surface area is 166 Å². The lowest BCUT2D eigenvalue weighted by atomic mass is 10.1. The zero-order valence-electron chi connectivity index (χ0n) is 15.5. The van der Waals surface area contributed by atoms with E-state index in [1.165, 1.54) is 30.3 Å². The first-order valence-corrected chi connectivity index (χ1v) is 9.04. The van der Waals surface area contributed by atoms with Gasteiger partial charge in [0.25, 0.3) is 11.8 Å². The van der Waals surface area contributed by atoms with Crippen LogP contribution in [0.25, 0.3) is 0 Å². The van der Waals surface area contributed by atoms with Crippen LogP contribution < -0.4 is 10.6 Å². The summed E-state index contributed by atoms with van der Waals surface area (Å²) >= 11 is 0. The van der Waals surface area contributed by atoms with Crippen molar-refractivity contribution in [2.24, 2.45) is 0 Å². The van der Waals surface area contributed by atoms with Gasteiger partial charge in [0.1, 0.15) is 23.0 Å². The van der Waals surface area contributed by atoms with Gasteiger partial charge in [-0.2, -0.15) is 0 Å². The molecule has 0 unspecified atom stereocenters. The van der Waals surface area contributed by atoms with Crippen LogP contribution in [0.3, 0.4) is 0 Å². The fraction of sp³-hybridized carbons (Fsp3) is 0.136. The van der Waals surface area contributed by atoms with Crippen molar-refractivity contribution in [3.8, 4) is 0 Å². The number of halogens is 2. The third-order valence-corrected chi connectivity index (χ3v) is 4.22. The second kappa shape index (κ2) is 9.54. The number of carbonyl (C=O) groups excluding carboxylic acids is 2. The van der Waals surface area contributed by atoms with E-state index in [0.29, 0.717) is 12.0 Å². The van der Waals surface area contributed by atoms with Crippen LogP contribution in [0.1, 0.15) is 32.1 Å². The van der Waals surface area contributed by atoms with Crippen molar-refractivity contribution in [1.29, 1.82) is 0 Å². The second-order valence-corrected chi connectivity index (χ2v) is 6.31. The quantitative estimate of drug-likeness (QED) is 0.645. The third-order valence-electron chi connectivity index (χ3n) is 4.22. The molecule has 3 rings (SSSR count). The molecule has 0 saturated heterocycles. The molecule has 0 bridgehead atoms. The molecule has 0 radical (unpaired) electrons. The summed E-state index contributed by atoms with van der Waals surface area (Å²) < 4.78 is 26.5. The lowest BCUT2D eigenvalue weighted by molar-refractivity contribution is 0.0943. The Kier molecular flexibility index (Phi) is 6.63. The van der Waals surface area contributed by atoms with E-state index >= 15 is 0 Å². The van der Waals surface area contributed by atoms with Crippen LogP contribution in [-0.4, -0.2) is 23.3 Å². The predicted octanol–water partition coefficient (Wildman–Crippen LogP) is 3.26. The smallest absolute Gasteiger partial charge is 0.270 e. The zero-order chi connectivity index (χ0) is 20.6. The lowest BCUT2D eigenvalue weighted by Gasteiger charge is -2.08. The number of nitrogens with one attached hydrogen (secondary N) is 2. The fourth-order valence-corrected chi connectivity index (χ4v) is 2.67. The monoisotopic (exact) mass is 395 g/mol. The van der Waals surface area contributed by atoms with Gasteiger partial charge in [-0.25, -0.2) is 13.8 Å². The molecule has 5 nitrogen and oxygen atoms in total. The normalized spacial score (nSPS) is 10.4. The molecule has 0 aliphatic carbocycles. The molecule has 7 heteroatoms. The Morgan fingerprint density at radius 1 is 0.793 bits per heavy atom. The van der Waals surface area contributed by atoms with E-state index in [2.05, 4.69) is 15.6 Å². The summed E-state index contributed by atoms with van der Waals surface area (Å²) in [5.41, 5.74) is 1.43. The van der Waals surface area contributed by atoms with Crippen molar-refractivity contribution < 1.29 is 18.4 Å². The van der Waals surface area contributed by atoms with Crippen LogP contribution in [0.15, 0.2) is 66.7 Å². The Morgan fingerprint density at radius 3 is 2.14 bits per heavy atom. The standard InChI is InChI=1S/C22H19F2N3O2/c23-17-10-8-15(9-11-17)14-26-22(29)20-7-3-6-19(27-20)21(28)25-13-12-16-4-1-2-5-18(16)24/h1-11H,12-14H2,(H,25,28)(H,26,29). The lowest BCUT2D eigenvalue weighted by Crippen LogP contribution is -2.28. The van der Waals surface area contributed by atoms with E-state index in [-0.39, 0.29) is 36.1 Å². The van der Waals surface area contributed by atoms with Crippen LogP contribution >= 0.6 is 0 Å². The fourth-order valence-electron chi connectivity index (χ4n) is 2.67. The highest BCUT2D eigenvalue weighted by atomic mass is 19.1. The number of carbonyl (C=O) groups is 2. The molecular formula is C22H19F2N3O2. The van der Waals surface area contributed by atoms with Crippen molar-refractivity contribution in [2.75, 3.05) is 6.54 Å². The highest BCUT2D eigenvalue weighted by molar-refractivity contribution is 5.96. The van der Waals surface area contributed by atoms with Crippen LogP contribution in [0.4, 0.5) is 8.78 Å². The number of benzene rings is 2. The van der Waals surface area contributed by atoms with Gasteiger partial charge in [-0.3, -0.25) is 9.59 Å². The van der Waals surface area contributed by atoms with Gasteiger partial charge in [0.2, 0.25) is 0 Å². The molecule has 2 aromatic carbocycles. The van der Waals surface area contributed by atoms with E-state index in [9.17, 15) is 18.4 Å². The van der Waals surface area contributed by atoms with E-state index in [1.807, 2.05) is 0 Å². The molecule has 1 aromatic heterocycles. The van der Waals surface area contributed by atoms with Gasteiger partial charge >= 0.3 is 0 Å². The maximum Gasteiger partial charge on any atom is 0.270 e. The molecule has 0 fully saturated rings. The summed E-state index contributed by atoms with van der Waals surface area (Å²) in [4.78, 5) is 28.6. The highest BCUT2D eigenvalue weighted by Crippen LogP contribution is 2.07. The highest BCUT2D eigenvalue weighted by Gasteiger charge is 2.12. The van der Waals surface area contributed by atoms with E-state index in [0.717, 1.165) is 5.56 Å². The van der Waals surface area contributed by atoms with Crippen molar-refractivity contribution in [3.63, 3.8) is 0 Å². The maximum atomic E-state index is 13.6. The van der Waals surface area contributed by atoms with Crippen molar-refractivity contribution in [2.45, 2.75) is 13.0 Å². The van der Waals surface area contributed by atoms with Gasteiger partial charge in [0, 0.05) is 13.1 Å². The van der Waals surface area contributed by atoms with Gasteiger partial charge < -0.3 is 10.6 Å². The van der Waals surface area contributed by atoms with Crippen LogP contribution in [-0.2, 0) is 13.0 Å². The molecule has 29 heavy (non-hydrogen) atoms. The van der Waals surface area contributed by atoms with Gasteiger partial charge in [0.05, 0.1) is 0 Å². The topological polar surface area (TPSA) is 71.1 Å². The number of hydrogen-bond acceptors (Lipinski definition) is 3. The molecule has 0 aliphatic heterocycles. The van der Waals surface area contributed by atoms with Crippen molar-refractivity contribution >= 4 is 11.8 Å². The summed E-state index contributed by atoms with van der Waals surface area (Å²) in [6.45, 7) is 0.447. The molecule has 1 heterocycles. The molecule has 3 aromatic rings. The van der Waals surface area contributed by atoms with Gasteiger partial charge in [-0.1, -0.05) is 36.4 Å². The van der Waals surface area contributed by atoms with E-state index < -0.39 is 11.8 Å². The molecule has 148 valence electrons. The van der Waals surface area contributed by atoms with Crippen LogP contribution in [0, 0.1) is 11.6 Å². The molecule has 0 saturated carbocycles. The molecule has 0 spiro atoms. The van der Waals surface area contributed by atoms with E-state index in [1.54, 1.807) is 36.4 Å².